The fourth-order valence-corrected chi connectivity index (χ4v) is 17.2. The highest BCUT2D eigenvalue weighted by molar-refractivity contribution is 7.41. The maximum Gasteiger partial charge on any atom is 0.160 e. The van der Waals surface area contributed by atoms with Crippen molar-refractivity contribution in [2.24, 2.45) is 0 Å². The molecule has 0 aliphatic carbocycles. The number of hydrogen-bond acceptors (Lipinski definition) is 4. The SMILES string of the molecule is Cc1nc2c(s1)[Si](C)(C)c1sc(C)nc1[Si]2(C)C. The number of aromatic nitrogens is 2. The normalized spacial score (nSPS) is 19.4. The Bertz CT molecular complexity index is 537. The first-order chi connectivity index (χ1) is 8.24. The predicted molar refractivity (Wildman–Crippen MR) is 87.2 cm³/mol. The van der Waals surface area contributed by atoms with E-state index in [4.69, 9.17) is 9.97 Å². The zero-order valence-corrected chi connectivity index (χ0v) is 15.3. The van der Waals surface area contributed by atoms with Crippen LogP contribution in [0.3, 0.4) is 0 Å². The van der Waals surface area contributed by atoms with Crippen LogP contribution in [0.5, 0.6) is 0 Å². The minimum Gasteiger partial charge on any atom is -0.251 e. The van der Waals surface area contributed by atoms with Crippen molar-refractivity contribution in [1.29, 1.82) is 0 Å². The maximum absolute atomic E-state index is 4.89. The summed E-state index contributed by atoms with van der Waals surface area (Å²) in [5.74, 6) is 0. The lowest BCUT2D eigenvalue weighted by molar-refractivity contribution is 1.30. The van der Waals surface area contributed by atoms with Crippen LogP contribution in [0, 0.1) is 13.8 Å². The molecule has 0 radical (unpaired) electrons. The van der Waals surface area contributed by atoms with Gasteiger partial charge in [-0.1, -0.05) is 26.2 Å². The van der Waals surface area contributed by atoms with Crippen LogP contribution >= 0.6 is 22.7 Å². The van der Waals surface area contributed by atoms with Gasteiger partial charge in [-0.25, -0.2) is 0 Å². The molecule has 0 saturated heterocycles. The van der Waals surface area contributed by atoms with Crippen LogP contribution in [0.25, 0.3) is 0 Å². The number of rotatable bonds is 0. The van der Waals surface area contributed by atoms with Gasteiger partial charge in [-0.05, 0) is 13.8 Å². The number of fused-ring (bicyclic) bond motifs is 2. The van der Waals surface area contributed by atoms with Gasteiger partial charge in [0, 0.05) is 19.6 Å². The number of aryl methyl sites for hydroxylation is 2. The number of thiazole rings is 2. The zero-order chi connectivity index (χ0) is 13.3. The molecule has 0 unspecified atom stereocenters. The summed E-state index contributed by atoms with van der Waals surface area (Å²) in [6, 6.07) is 0. The van der Waals surface area contributed by atoms with Crippen LogP contribution in [0.4, 0.5) is 0 Å². The molecule has 18 heavy (non-hydrogen) atoms. The average Bonchev–Trinajstić information content (AvgIpc) is 2.81. The lowest BCUT2D eigenvalue weighted by atomic mass is 10.8. The number of hydrogen-bond donors (Lipinski definition) is 0. The van der Waals surface area contributed by atoms with Gasteiger partial charge < -0.3 is 0 Å². The smallest absolute Gasteiger partial charge is 0.160 e. The first-order valence-corrected chi connectivity index (χ1v) is 13.8. The fourth-order valence-electron chi connectivity index (χ4n) is 2.76. The van der Waals surface area contributed by atoms with Crippen LogP contribution in [-0.4, -0.2) is 26.1 Å². The molecule has 0 saturated carbocycles. The van der Waals surface area contributed by atoms with Crippen molar-refractivity contribution in [3.05, 3.63) is 10.0 Å². The monoisotopic (exact) mass is 310 g/mol. The summed E-state index contributed by atoms with van der Waals surface area (Å²) in [7, 11) is -3.18. The third-order valence-corrected chi connectivity index (χ3v) is 15.7. The van der Waals surface area contributed by atoms with Crippen molar-refractivity contribution >= 4 is 58.5 Å². The molecular weight excluding hydrogens is 292 g/mol. The van der Waals surface area contributed by atoms with Gasteiger partial charge in [-0.2, -0.15) is 0 Å². The summed E-state index contributed by atoms with van der Waals surface area (Å²) in [5, 5.41) is 5.32. The Morgan fingerprint density at radius 1 is 0.722 bits per heavy atom. The van der Waals surface area contributed by atoms with E-state index in [9.17, 15) is 0 Å². The lowest BCUT2D eigenvalue weighted by Gasteiger charge is -2.34. The van der Waals surface area contributed by atoms with E-state index in [1.54, 1.807) is 9.00 Å². The molecule has 0 bridgehead atoms. The minimum absolute atomic E-state index is 1.23. The van der Waals surface area contributed by atoms with Gasteiger partial charge in [0.05, 0.1) is 10.0 Å². The molecule has 0 fully saturated rings. The van der Waals surface area contributed by atoms with Gasteiger partial charge in [0.25, 0.3) is 0 Å². The van der Waals surface area contributed by atoms with Crippen LogP contribution in [0.2, 0.25) is 26.2 Å². The largest absolute Gasteiger partial charge is 0.251 e. The van der Waals surface area contributed by atoms with E-state index in [2.05, 4.69) is 40.0 Å². The summed E-state index contributed by atoms with van der Waals surface area (Å²) >= 11 is 3.87. The summed E-state index contributed by atoms with van der Waals surface area (Å²) in [6.07, 6.45) is 0. The number of nitrogens with zero attached hydrogens (tertiary/aromatic N) is 2. The third-order valence-electron chi connectivity index (χ3n) is 3.79. The fraction of sp³-hybridized carbons (Fsp3) is 0.500. The summed E-state index contributed by atoms with van der Waals surface area (Å²) < 4.78 is 3.24. The van der Waals surface area contributed by atoms with Crippen LogP contribution in [-0.2, 0) is 0 Å². The lowest BCUT2D eigenvalue weighted by Crippen LogP contribution is -2.76. The summed E-state index contributed by atoms with van der Waals surface area (Å²) in [6.45, 7) is 14.0. The van der Waals surface area contributed by atoms with E-state index in [0.717, 1.165) is 0 Å². The molecule has 0 atom stereocenters. The molecule has 3 heterocycles. The van der Waals surface area contributed by atoms with Gasteiger partial charge in [0.1, 0.15) is 8.07 Å². The Morgan fingerprint density at radius 2 is 1.11 bits per heavy atom. The quantitative estimate of drug-likeness (QED) is 0.683. The van der Waals surface area contributed by atoms with Crippen LogP contribution < -0.4 is 19.6 Å². The minimum atomic E-state index is -1.65. The van der Waals surface area contributed by atoms with Gasteiger partial charge in [-0.3, -0.25) is 9.97 Å². The van der Waals surface area contributed by atoms with E-state index in [-0.39, 0.29) is 0 Å². The second-order valence-electron chi connectivity index (χ2n) is 6.07. The Balaban J connectivity index is 2.39. The van der Waals surface area contributed by atoms with Gasteiger partial charge >= 0.3 is 0 Å². The molecule has 0 aromatic carbocycles. The van der Waals surface area contributed by atoms with Crippen molar-refractivity contribution in [2.45, 2.75) is 40.0 Å². The molecule has 2 aromatic heterocycles. The van der Waals surface area contributed by atoms with E-state index in [1.165, 1.54) is 20.6 Å². The standard InChI is InChI=1S/C12H18N2S2Si2/c1-7-13-9-11(15-7)18(5,6)12-10(17(9,3)4)14-8(2)16-12/h1-6H3. The molecule has 1 aliphatic heterocycles. The first-order valence-electron chi connectivity index (χ1n) is 6.21. The molecule has 3 rings (SSSR count). The highest BCUT2D eigenvalue weighted by Crippen LogP contribution is 2.20. The molecule has 2 aromatic rings. The molecule has 6 heteroatoms. The Labute approximate surface area is 118 Å². The molecule has 1 aliphatic rings. The van der Waals surface area contributed by atoms with Crippen molar-refractivity contribution in [3.63, 3.8) is 0 Å². The Kier molecular flexibility index (Phi) is 2.56. The maximum atomic E-state index is 4.89. The predicted octanol–water partition coefficient (Wildman–Crippen LogP) is 1.18. The van der Waals surface area contributed by atoms with Crippen LogP contribution in [0.15, 0.2) is 0 Å². The molecule has 0 N–H and O–H groups in total. The first kappa shape index (κ1) is 12.7. The second-order valence-corrected chi connectivity index (χ2v) is 17.6. The van der Waals surface area contributed by atoms with Crippen molar-refractivity contribution < 1.29 is 0 Å². The van der Waals surface area contributed by atoms with Crippen LogP contribution in [0.1, 0.15) is 10.0 Å². The van der Waals surface area contributed by atoms with E-state index >= 15 is 0 Å². The Morgan fingerprint density at radius 3 is 1.50 bits per heavy atom. The molecule has 0 amide bonds. The Hall–Kier alpha value is -0.306. The average molecular weight is 311 g/mol. The second kappa shape index (κ2) is 3.62. The highest BCUT2D eigenvalue weighted by Gasteiger charge is 2.49. The third kappa shape index (κ3) is 1.49. The van der Waals surface area contributed by atoms with E-state index < -0.39 is 16.1 Å². The summed E-state index contributed by atoms with van der Waals surface area (Å²) in [5.41, 5.74) is 0. The van der Waals surface area contributed by atoms with E-state index in [1.807, 2.05) is 22.7 Å². The highest BCUT2D eigenvalue weighted by atomic mass is 32.1. The topological polar surface area (TPSA) is 25.8 Å². The van der Waals surface area contributed by atoms with Gasteiger partial charge in [0.15, 0.2) is 8.07 Å². The van der Waals surface area contributed by atoms with Gasteiger partial charge in [0.2, 0.25) is 0 Å². The summed E-state index contributed by atoms with van der Waals surface area (Å²) in [4.78, 5) is 9.77. The van der Waals surface area contributed by atoms with Gasteiger partial charge in [-0.15, -0.1) is 22.7 Å². The van der Waals surface area contributed by atoms with E-state index in [0.29, 0.717) is 0 Å². The zero-order valence-electron chi connectivity index (χ0n) is 11.7. The van der Waals surface area contributed by atoms with Crippen molar-refractivity contribution in [1.82, 2.24) is 9.97 Å². The molecular formula is C12H18N2S2Si2. The van der Waals surface area contributed by atoms with Crippen molar-refractivity contribution in [3.8, 4) is 0 Å². The molecule has 0 spiro atoms. The molecule has 96 valence electrons. The van der Waals surface area contributed by atoms with Crippen molar-refractivity contribution in [2.75, 3.05) is 0 Å². The molecule has 2 nitrogen and oxygen atoms in total.